The van der Waals surface area contributed by atoms with Crippen LogP contribution in [0.1, 0.15) is 18.4 Å². The van der Waals surface area contributed by atoms with Crippen molar-refractivity contribution in [2.24, 2.45) is 0 Å². The van der Waals surface area contributed by atoms with Gasteiger partial charge in [0.1, 0.15) is 29.6 Å². The van der Waals surface area contributed by atoms with Crippen molar-refractivity contribution < 1.29 is 23.4 Å². The number of halogens is 2. The SMILES string of the molecule is O=C(Cc1cccc(F)c1)N1CCCC(O)(COc2ccc(F)cc2)C1. The number of β-amino-alcohol motifs (C(OH)–C–C–N with tert-alkyl or cyclic N) is 1. The van der Waals surface area contributed by atoms with Crippen molar-refractivity contribution in [1.82, 2.24) is 4.90 Å². The van der Waals surface area contributed by atoms with Crippen LogP contribution in [0.25, 0.3) is 0 Å². The molecular formula is C20H21F2NO3. The molecule has 0 aromatic heterocycles. The van der Waals surface area contributed by atoms with Crippen LogP contribution in [0.3, 0.4) is 0 Å². The minimum atomic E-state index is -1.16. The highest BCUT2D eigenvalue weighted by molar-refractivity contribution is 5.79. The van der Waals surface area contributed by atoms with Gasteiger partial charge >= 0.3 is 0 Å². The smallest absolute Gasteiger partial charge is 0.227 e. The molecule has 26 heavy (non-hydrogen) atoms. The maximum Gasteiger partial charge on any atom is 0.227 e. The van der Waals surface area contributed by atoms with Gasteiger partial charge in [-0.3, -0.25) is 4.79 Å². The van der Waals surface area contributed by atoms with E-state index >= 15 is 0 Å². The third-order valence-electron chi connectivity index (χ3n) is 4.47. The normalized spacial score (nSPS) is 20.0. The Morgan fingerprint density at radius 1 is 1.15 bits per heavy atom. The number of likely N-dealkylation sites (tertiary alicyclic amines) is 1. The number of carbonyl (C=O) groups is 1. The third-order valence-corrected chi connectivity index (χ3v) is 4.47. The second-order valence-corrected chi connectivity index (χ2v) is 6.69. The standard InChI is InChI=1S/C20H21F2NO3/c21-16-5-7-18(8-6-16)26-14-20(25)9-2-10-23(13-20)19(24)12-15-3-1-4-17(22)11-15/h1,3-8,11,25H,2,9-10,12-14H2. The first kappa shape index (κ1) is 18.3. The van der Waals surface area contributed by atoms with Gasteiger partial charge in [-0.15, -0.1) is 0 Å². The molecule has 0 radical (unpaired) electrons. The molecular weight excluding hydrogens is 340 g/mol. The Kier molecular flexibility index (Phi) is 5.52. The molecule has 1 unspecified atom stereocenters. The molecule has 1 saturated heterocycles. The van der Waals surface area contributed by atoms with Gasteiger partial charge in [0.05, 0.1) is 13.0 Å². The van der Waals surface area contributed by atoms with Crippen molar-refractivity contribution in [3.63, 3.8) is 0 Å². The molecule has 0 aliphatic carbocycles. The fourth-order valence-corrected chi connectivity index (χ4v) is 3.12. The van der Waals surface area contributed by atoms with Crippen molar-refractivity contribution in [3.05, 3.63) is 65.7 Å². The van der Waals surface area contributed by atoms with Crippen LogP contribution in [0, 0.1) is 11.6 Å². The first-order valence-corrected chi connectivity index (χ1v) is 8.57. The number of carbonyl (C=O) groups excluding carboxylic acids is 1. The second-order valence-electron chi connectivity index (χ2n) is 6.69. The summed E-state index contributed by atoms with van der Waals surface area (Å²) in [7, 11) is 0. The van der Waals surface area contributed by atoms with Crippen molar-refractivity contribution in [2.75, 3.05) is 19.7 Å². The zero-order valence-corrected chi connectivity index (χ0v) is 14.3. The zero-order chi connectivity index (χ0) is 18.6. The molecule has 1 atom stereocenters. The van der Waals surface area contributed by atoms with Crippen molar-refractivity contribution in [2.45, 2.75) is 24.9 Å². The summed E-state index contributed by atoms with van der Waals surface area (Å²) in [4.78, 5) is 14.1. The Morgan fingerprint density at radius 2 is 1.92 bits per heavy atom. The molecule has 1 N–H and O–H groups in total. The highest BCUT2D eigenvalue weighted by Gasteiger charge is 2.36. The highest BCUT2D eigenvalue weighted by atomic mass is 19.1. The van der Waals surface area contributed by atoms with Crippen LogP contribution in [-0.4, -0.2) is 41.2 Å². The Labute approximate surface area is 151 Å². The summed E-state index contributed by atoms with van der Waals surface area (Å²) in [5.41, 5.74) is -0.559. The molecule has 1 heterocycles. The number of aliphatic hydroxyl groups is 1. The Hall–Kier alpha value is -2.47. The molecule has 3 rings (SSSR count). The van der Waals surface area contributed by atoms with E-state index in [2.05, 4.69) is 0 Å². The number of rotatable bonds is 5. The number of piperidine rings is 1. The van der Waals surface area contributed by atoms with Crippen molar-refractivity contribution in [1.29, 1.82) is 0 Å². The molecule has 1 aliphatic heterocycles. The van der Waals surface area contributed by atoms with E-state index in [0.717, 1.165) is 0 Å². The van der Waals surface area contributed by atoms with Crippen molar-refractivity contribution >= 4 is 5.91 Å². The number of nitrogens with zero attached hydrogens (tertiary/aromatic N) is 1. The molecule has 4 nitrogen and oxygen atoms in total. The van der Waals surface area contributed by atoms with Crippen molar-refractivity contribution in [3.8, 4) is 5.75 Å². The second kappa shape index (κ2) is 7.83. The van der Waals surface area contributed by atoms with E-state index in [9.17, 15) is 18.7 Å². The summed E-state index contributed by atoms with van der Waals surface area (Å²) in [5, 5.41) is 10.8. The fraction of sp³-hybridized carbons (Fsp3) is 0.350. The largest absolute Gasteiger partial charge is 0.491 e. The number of ether oxygens (including phenoxy) is 1. The van der Waals surface area contributed by atoms with E-state index < -0.39 is 5.60 Å². The minimum absolute atomic E-state index is 0.0162. The fourth-order valence-electron chi connectivity index (χ4n) is 3.12. The maximum absolute atomic E-state index is 13.3. The summed E-state index contributed by atoms with van der Waals surface area (Å²) in [6.45, 7) is 0.720. The summed E-state index contributed by atoms with van der Waals surface area (Å²) >= 11 is 0. The van der Waals surface area contributed by atoms with E-state index in [4.69, 9.17) is 4.74 Å². The lowest BCUT2D eigenvalue weighted by Gasteiger charge is -2.39. The summed E-state index contributed by atoms with van der Waals surface area (Å²) in [6.07, 6.45) is 1.25. The molecule has 0 saturated carbocycles. The Bertz CT molecular complexity index is 766. The quantitative estimate of drug-likeness (QED) is 0.891. The van der Waals surface area contributed by atoms with Crippen LogP contribution in [-0.2, 0) is 11.2 Å². The van der Waals surface area contributed by atoms with Gasteiger partial charge in [0.15, 0.2) is 0 Å². The van der Waals surface area contributed by atoms with Crippen LogP contribution < -0.4 is 4.74 Å². The molecule has 0 bridgehead atoms. The van der Waals surface area contributed by atoms with Crippen LogP contribution in [0.5, 0.6) is 5.75 Å². The molecule has 1 amide bonds. The van der Waals surface area contributed by atoms with E-state index in [1.807, 2.05) is 0 Å². The molecule has 6 heteroatoms. The Morgan fingerprint density at radius 3 is 2.65 bits per heavy atom. The lowest BCUT2D eigenvalue weighted by Crippen LogP contribution is -2.53. The molecule has 2 aromatic carbocycles. The monoisotopic (exact) mass is 361 g/mol. The number of amides is 1. The van der Waals surface area contributed by atoms with Crippen LogP contribution in [0.15, 0.2) is 48.5 Å². The van der Waals surface area contributed by atoms with Crippen LogP contribution in [0.2, 0.25) is 0 Å². The predicted molar refractivity (Wildman–Crippen MR) is 92.8 cm³/mol. The first-order valence-electron chi connectivity index (χ1n) is 8.57. The van der Waals surface area contributed by atoms with E-state index in [1.165, 1.54) is 36.4 Å². The third kappa shape index (κ3) is 4.79. The molecule has 2 aromatic rings. The minimum Gasteiger partial charge on any atom is -0.491 e. The average Bonchev–Trinajstić information content (AvgIpc) is 2.61. The molecule has 138 valence electrons. The van der Waals surface area contributed by atoms with Gasteiger partial charge in [-0.1, -0.05) is 12.1 Å². The zero-order valence-electron chi connectivity index (χ0n) is 14.3. The molecule has 1 fully saturated rings. The maximum atomic E-state index is 13.3. The Balaban J connectivity index is 1.58. The van der Waals surface area contributed by atoms with Gasteiger partial charge in [0.25, 0.3) is 0 Å². The van der Waals surface area contributed by atoms with Gasteiger partial charge in [-0.25, -0.2) is 8.78 Å². The topological polar surface area (TPSA) is 49.8 Å². The van der Waals surface area contributed by atoms with Crippen LogP contribution in [0.4, 0.5) is 8.78 Å². The van der Waals surface area contributed by atoms with E-state index in [1.54, 1.807) is 17.0 Å². The van der Waals surface area contributed by atoms with Gasteiger partial charge in [-0.05, 0) is 54.8 Å². The van der Waals surface area contributed by atoms with E-state index in [-0.39, 0.29) is 37.1 Å². The summed E-state index contributed by atoms with van der Waals surface area (Å²) < 4.78 is 31.8. The number of benzene rings is 2. The number of hydrogen-bond donors (Lipinski definition) is 1. The lowest BCUT2D eigenvalue weighted by molar-refractivity contribution is -0.139. The molecule has 1 aliphatic rings. The average molecular weight is 361 g/mol. The van der Waals surface area contributed by atoms with Gasteiger partial charge in [0, 0.05) is 6.54 Å². The van der Waals surface area contributed by atoms with Crippen LogP contribution >= 0.6 is 0 Å². The van der Waals surface area contributed by atoms with Gasteiger partial charge in [0.2, 0.25) is 5.91 Å². The van der Waals surface area contributed by atoms with E-state index in [0.29, 0.717) is 30.7 Å². The van der Waals surface area contributed by atoms with Gasteiger partial charge < -0.3 is 14.7 Å². The summed E-state index contributed by atoms with van der Waals surface area (Å²) in [6, 6.07) is 11.5. The first-order chi connectivity index (χ1) is 12.4. The summed E-state index contributed by atoms with van der Waals surface area (Å²) in [5.74, 6) is -0.431. The number of hydrogen-bond acceptors (Lipinski definition) is 3. The molecule has 0 spiro atoms. The highest BCUT2D eigenvalue weighted by Crippen LogP contribution is 2.24. The lowest BCUT2D eigenvalue weighted by atomic mass is 9.93. The predicted octanol–water partition coefficient (Wildman–Crippen LogP) is 2.94. The van der Waals surface area contributed by atoms with Gasteiger partial charge in [-0.2, -0.15) is 0 Å².